The molecule has 0 aliphatic carbocycles. The molecule has 1 heteroatoms. The molecule has 0 amide bonds. The van der Waals surface area contributed by atoms with Gasteiger partial charge in [-0.05, 0) is 95.1 Å². The first-order chi connectivity index (χ1) is 20.2. The van der Waals surface area contributed by atoms with Gasteiger partial charge in [0.2, 0.25) is 0 Å². The Morgan fingerprint density at radius 1 is 0.683 bits per heavy atom. The number of hydrogen-bond donors (Lipinski definition) is 0. The van der Waals surface area contributed by atoms with Crippen molar-refractivity contribution < 1.29 is 0 Å². The minimum Gasteiger partial charge on any atom is -0.140 e. The van der Waals surface area contributed by atoms with Crippen LogP contribution in [0.1, 0.15) is 47.8 Å². The predicted octanol–water partition coefficient (Wildman–Crippen LogP) is 12.1. The fourth-order valence-corrected chi connectivity index (χ4v) is 7.29. The van der Waals surface area contributed by atoms with Gasteiger partial charge in [0, 0.05) is 20.9 Å². The van der Waals surface area contributed by atoms with Crippen LogP contribution in [0.4, 0.5) is 0 Å². The van der Waals surface area contributed by atoms with E-state index in [-0.39, 0.29) is 0 Å². The molecule has 6 aromatic rings. The summed E-state index contributed by atoms with van der Waals surface area (Å²) in [5.74, 6) is 0.290. The number of benzene rings is 5. The largest absolute Gasteiger partial charge is 0.140 e. The highest BCUT2D eigenvalue weighted by Gasteiger charge is 2.20. The average Bonchev–Trinajstić information content (AvgIpc) is 3.32. The van der Waals surface area contributed by atoms with Crippen LogP contribution in [0.3, 0.4) is 0 Å². The van der Waals surface area contributed by atoms with Crippen molar-refractivity contribution in [3.8, 4) is 11.1 Å². The third kappa shape index (κ3) is 5.31. The Hall–Kier alpha value is -4.20. The van der Waals surface area contributed by atoms with E-state index in [0.29, 0.717) is 5.92 Å². The standard InChI is InChI=1S/C40H36S/c1-4-6-8-18-30(24-23-29-16-9-7-10-17-29)39-33-19-11-13-21-35(33)40(36-22-14-12-20-34(36)39)31-25-26-38-37(27-31)32(15-5-2)28(3)41-38/h4-22,25-27,30H,23-24H2,1-3H3/b6-4-,15-5-,18-8-. The molecule has 1 atom stereocenters. The van der Waals surface area contributed by atoms with Crippen molar-refractivity contribution in [2.75, 3.05) is 0 Å². The van der Waals surface area contributed by atoms with Gasteiger partial charge in [-0.3, -0.25) is 0 Å². The van der Waals surface area contributed by atoms with Crippen LogP contribution in [0, 0.1) is 6.92 Å². The van der Waals surface area contributed by atoms with Crippen LogP contribution in [0.5, 0.6) is 0 Å². The summed E-state index contributed by atoms with van der Waals surface area (Å²) in [7, 11) is 0. The molecule has 0 saturated carbocycles. The van der Waals surface area contributed by atoms with E-state index >= 15 is 0 Å². The molecule has 1 unspecified atom stereocenters. The number of hydrogen-bond acceptors (Lipinski definition) is 1. The van der Waals surface area contributed by atoms with Gasteiger partial charge in [-0.15, -0.1) is 11.3 Å². The van der Waals surface area contributed by atoms with Crippen molar-refractivity contribution in [1.82, 2.24) is 0 Å². The Kier molecular flexibility index (Phi) is 7.98. The molecular formula is C40H36S. The zero-order valence-electron chi connectivity index (χ0n) is 24.1. The molecule has 1 heterocycles. The molecule has 5 aromatic carbocycles. The number of rotatable bonds is 8. The lowest BCUT2D eigenvalue weighted by Gasteiger charge is -2.22. The Balaban J connectivity index is 1.60. The fraction of sp³-hybridized carbons (Fsp3) is 0.150. The van der Waals surface area contributed by atoms with Gasteiger partial charge in [0.25, 0.3) is 0 Å². The summed E-state index contributed by atoms with van der Waals surface area (Å²) in [4.78, 5) is 1.37. The van der Waals surface area contributed by atoms with E-state index in [1.165, 1.54) is 64.3 Å². The highest BCUT2D eigenvalue weighted by Crippen LogP contribution is 2.44. The molecule has 6 rings (SSSR count). The lowest BCUT2D eigenvalue weighted by molar-refractivity contribution is 0.745. The molecule has 0 radical (unpaired) electrons. The van der Waals surface area contributed by atoms with Crippen LogP contribution in [-0.4, -0.2) is 0 Å². The highest BCUT2D eigenvalue weighted by molar-refractivity contribution is 7.19. The van der Waals surface area contributed by atoms with E-state index < -0.39 is 0 Å². The Bertz CT molecular complexity index is 1860. The van der Waals surface area contributed by atoms with Crippen LogP contribution in [0.25, 0.3) is 48.8 Å². The lowest BCUT2D eigenvalue weighted by atomic mass is 9.81. The summed E-state index contributed by atoms with van der Waals surface area (Å²) in [5, 5.41) is 6.68. The quantitative estimate of drug-likeness (QED) is 0.131. The van der Waals surface area contributed by atoms with E-state index in [9.17, 15) is 0 Å². The average molecular weight is 549 g/mol. The van der Waals surface area contributed by atoms with Crippen LogP contribution in [-0.2, 0) is 6.42 Å². The molecule has 1 aromatic heterocycles. The molecule has 0 aliphatic heterocycles. The van der Waals surface area contributed by atoms with Gasteiger partial charge in [-0.1, -0.05) is 121 Å². The number of aryl methyl sites for hydroxylation is 2. The second kappa shape index (κ2) is 12.1. The van der Waals surface area contributed by atoms with Crippen LogP contribution in [0.2, 0.25) is 0 Å². The second-order valence-corrected chi connectivity index (χ2v) is 12.0. The molecular weight excluding hydrogens is 513 g/mol. The molecule has 0 bridgehead atoms. The summed E-state index contributed by atoms with van der Waals surface area (Å²) in [6, 6.07) is 36.0. The molecule has 0 fully saturated rings. The minimum absolute atomic E-state index is 0.290. The van der Waals surface area contributed by atoms with E-state index in [1.807, 2.05) is 11.3 Å². The van der Waals surface area contributed by atoms with Gasteiger partial charge in [0.05, 0.1) is 0 Å². The topological polar surface area (TPSA) is 0 Å². The van der Waals surface area contributed by atoms with E-state index in [1.54, 1.807) is 0 Å². The smallest absolute Gasteiger partial charge is 0.0352 e. The fourth-order valence-electron chi connectivity index (χ4n) is 6.25. The number of allylic oxidation sites excluding steroid dienone is 5. The Morgan fingerprint density at radius 3 is 2.00 bits per heavy atom. The minimum atomic E-state index is 0.290. The maximum atomic E-state index is 2.42. The molecule has 0 N–H and O–H groups in total. The molecule has 0 saturated heterocycles. The summed E-state index contributed by atoms with van der Waals surface area (Å²) < 4.78 is 1.35. The maximum absolute atomic E-state index is 2.42. The number of thiophene rings is 1. The van der Waals surface area contributed by atoms with Crippen LogP contribution >= 0.6 is 11.3 Å². The van der Waals surface area contributed by atoms with Crippen LogP contribution < -0.4 is 0 Å². The zero-order valence-corrected chi connectivity index (χ0v) is 24.9. The van der Waals surface area contributed by atoms with Crippen molar-refractivity contribution in [2.24, 2.45) is 0 Å². The van der Waals surface area contributed by atoms with Crippen molar-refractivity contribution in [3.05, 3.63) is 149 Å². The molecule has 0 spiro atoms. The number of fused-ring (bicyclic) bond motifs is 3. The second-order valence-electron chi connectivity index (χ2n) is 10.7. The highest BCUT2D eigenvalue weighted by atomic mass is 32.1. The van der Waals surface area contributed by atoms with E-state index in [2.05, 4.69) is 154 Å². The molecule has 41 heavy (non-hydrogen) atoms. The summed E-state index contributed by atoms with van der Waals surface area (Å²) >= 11 is 1.88. The monoisotopic (exact) mass is 548 g/mol. The van der Waals surface area contributed by atoms with Crippen molar-refractivity contribution in [2.45, 2.75) is 39.5 Å². The first-order valence-electron chi connectivity index (χ1n) is 14.6. The molecule has 202 valence electrons. The first kappa shape index (κ1) is 27.0. The SMILES string of the molecule is C/C=C\C=C/C(CCc1ccccc1)c1c2ccccc2c(-c2ccc3sc(C)c(/C=C\C)c3c2)c2ccccc12. The first-order valence-corrected chi connectivity index (χ1v) is 15.4. The van der Waals surface area contributed by atoms with E-state index in [4.69, 9.17) is 0 Å². The van der Waals surface area contributed by atoms with Gasteiger partial charge in [-0.25, -0.2) is 0 Å². The predicted molar refractivity (Wildman–Crippen MR) is 183 cm³/mol. The zero-order chi connectivity index (χ0) is 28.2. The Labute approximate surface area is 248 Å². The van der Waals surface area contributed by atoms with Gasteiger partial charge < -0.3 is 0 Å². The third-order valence-corrected chi connectivity index (χ3v) is 9.21. The lowest BCUT2D eigenvalue weighted by Crippen LogP contribution is -2.02. The summed E-state index contributed by atoms with van der Waals surface area (Å²) in [5.41, 5.74) is 6.77. The van der Waals surface area contributed by atoms with Gasteiger partial charge in [0.1, 0.15) is 0 Å². The van der Waals surface area contributed by atoms with E-state index in [0.717, 1.165) is 12.8 Å². The third-order valence-electron chi connectivity index (χ3n) is 8.11. The summed E-state index contributed by atoms with van der Waals surface area (Å²) in [6.45, 7) is 6.41. The molecule has 0 aliphatic rings. The van der Waals surface area contributed by atoms with Crippen molar-refractivity contribution >= 4 is 49.0 Å². The van der Waals surface area contributed by atoms with Crippen molar-refractivity contribution in [1.29, 1.82) is 0 Å². The summed E-state index contributed by atoms with van der Waals surface area (Å²) in [6.07, 6.45) is 15.4. The van der Waals surface area contributed by atoms with Gasteiger partial charge in [0.15, 0.2) is 0 Å². The van der Waals surface area contributed by atoms with Crippen molar-refractivity contribution in [3.63, 3.8) is 0 Å². The molecule has 0 nitrogen and oxygen atoms in total. The normalized spacial score (nSPS) is 13.0. The van der Waals surface area contributed by atoms with Crippen LogP contribution in [0.15, 0.2) is 127 Å². The van der Waals surface area contributed by atoms with Gasteiger partial charge >= 0.3 is 0 Å². The Morgan fingerprint density at radius 2 is 1.34 bits per heavy atom. The van der Waals surface area contributed by atoms with Gasteiger partial charge in [-0.2, -0.15) is 0 Å². The maximum Gasteiger partial charge on any atom is 0.0352 e.